The molecule has 0 aliphatic heterocycles. The Morgan fingerprint density at radius 1 is 0.793 bits per heavy atom. The van der Waals surface area contributed by atoms with Crippen LogP contribution >= 0.6 is 0 Å². The molecule has 138 valence electrons. The number of furan rings is 1. The van der Waals surface area contributed by atoms with Crippen LogP contribution in [0.3, 0.4) is 0 Å². The van der Waals surface area contributed by atoms with Crippen LogP contribution in [0.5, 0.6) is 0 Å². The van der Waals surface area contributed by atoms with Crippen molar-refractivity contribution in [3.63, 3.8) is 0 Å². The first-order valence-electron chi connectivity index (χ1n) is 9.41. The van der Waals surface area contributed by atoms with Crippen molar-refractivity contribution in [2.45, 2.75) is 0 Å². The summed E-state index contributed by atoms with van der Waals surface area (Å²) in [5, 5.41) is 9.94. The number of aromatic amines is 2. The molecule has 5 nitrogen and oxygen atoms in total. The zero-order chi connectivity index (χ0) is 19.2. The molecule has 0 fully saturated rings. The Kier molecular flexibility index (Phi) is 3.40. The smallest absolute Gasteiger partial charge is 0.116 e. The maximum atomic E-state index is 5.28. The fourth-order valence-electron chi connectivity index (χ4n) is 3.86. The third kappa shape index (κ3) is 2.56. The van der Waals surface area contributed by atoms with Gasteiger partial charge in [0.1, 0.15) is 5.69 Å². The second-order valence-corrected chi connectivity index (χ2v) is 7.01. The zero-order valence-corrected chi connectivity index (χ0v) is 15.4. The summed E-state index contributed by atoms with van der Waals surface area (Å²) in [6.07, 6.45) is 5.28. The van der Waals surface area contributed by atoms with Crippen LogP contribution in [-0.2, 0) is 0 Å². The van der Waals surface area contributed by atoms with Gasteiger partial charge in [0.05, 0.1) is 29.4 Å². The Morgan fingerprint density at radius 2 is 1.79 bits per heavy atom. The monoisotopic (exact) mass is 376 g/mol. The number of hydrogen-bond acceptors (Lipinski definition) is 3. The van der Waals surface area contributed by atoms with E-state index >= 15 is 0 Å². The molecule has 29 heavy (non-hydrogen) atoms. The predicted octanol–water partition coefficient (Wildman–Crippen LogP) is 6.03. The molecule has 0 saturated carbocycles. The van der Waals surface area contributed by atoms with Crippen LogP contribution in [0.25, 0.3) is 55.6 Å². The maximum Gasteiger partial charge on any atom is 0.116 e. The third-order valence-corrected chi connectivity index (χ3v) is 5.27. The van der Waals surface area contributed by atoms with Gasteiger partial charge in [-0.15, -0.1) is 0 Å². The summed E-state index contributed by atoms with van der Waals surface area (Å²) in [7, 11) is 0. The Morgan fingerprint density at radius 3 is 2.66 bits per heavy atom. The molecular formula is C24H16N4O. The molecule has 4 heterocycles. The first-order chi connectivity index (χ1) is 14.4. The number of H-pyrrole nitrogens is 2. The quantitative estimate of drug-likeness (QED) is 0.396. The van der Waals surface area contributed by atoms with Crippen molar-refractivity contribution in [3.8, 4) is 33.8 Å². The number of hydrogen-bond donors (Lipinski definition) is 2. The molecule has 2 aromatic carbocycles. The van der Waals surface area contributed by atoms with Crippen molar-refractivity contribution in [1.29, 1.82) is 0 Å². The molecule has 5 heteroatoms. The molecule has 2 N–H and O–H groups in total. The summed E-state index contributed by atoms with van der Waals surface area (Å²) in [6, 6.07) is 22.6. The van der Waals surface area contributed by atoms with E-state index in [9.17, 15) is 0 Å². The fraction of sp³-hybridized carbons (Fsp3) is 0. The van der Waals surface area contributed by atoms with Crippen LogP contribution in [0.2, 0.25) is 0 Å². The molecule has 0 saturated heterocycles. The summed E-state index contributed by atoms with van der Waals surface area (Å²) < 4.78 is 5.28. The minimum Gasteiger partial charge on any atom is -0.472 e. The molecule has 4 aromatic heterocycles. The van der Waals surface area contributed by atoms with Crippen molar-refractivity contribution >= 4 is 21.8 Å². The number of benzene rings is 2. The second kappa shape index (κ2) is 6.21. The summed E-state index contributed by atoms with van der Waals surface area (Å²) in [6.45, 7) is 0. The van der Waals surface area contributed by atoms with Gasteiger partial charge in [-0.3, -0.25) is 10.1 Å². The normalized spacial score (nSPS) is 11.4. The van der Waals surface area contributed by atoms with E-state index in [4.69, 9.17) is 4.42 Å². The average Bonchev–Trinajstić information content (AvgIpc) is 3.52. The van der Waals surface area contributed by atoms with Gasteiger partial charge in [0.2, 0.25) is 0 Å². The van der Waals surface area contributed by atoms with Gasteiger partial charge in [-0.25, -0.2) is 0 Å². The van der Waals surface area contributed by atoms with Crippen LogP contribution in [0.15, 0.2) is 89.9 Å². The summed E-state index contributed by atoms with van der Waals surface area (Å²) in [5.41, 5.74) is 8.13. The average molecular weight is 376 g/mol. The van der Waals surface area contributed by atoms with E-state index in [0.717, 1.165) is 55.6 Å². The van der Waals surface area contributed by atoms with Crippen molar-refractivity contribution in [1.82, 2.24) is 20.2 Å². The lowest BCUT2D eigenvalue weighted by Crippen LogP contribution is -1.82. The molecule has 0 aliphatic carbocycles. The highest BCUT2D eigenvalue weighted by Gasteiger charge is 2.14. The van der Waals surface area contributed by atoms with Crippen LogP contribution in [0, 0.1) is 0 Å². The van der Waals surface area contributed by atoms with Gasteiger partial charge in [0, 0.05) is 33.6 Å². The fourth-order valence-corrected chi connectivity index (χ4v) is 3.86. The largest absolute Gasteiger partial charge is 0.472 e. The van der Waals surface area contributed by atoms with Crippen molar-refractivity contribution in [3.05, 3.63) is 85.5 Å². The predicted molar refractivity (Wildman–Crippen MR) is 114 cm³/mol. The molecule has 0 unspecified atom stereocenters. The van der Waals surface area contributed by atoms with E-state index in [0.29, 0.717) is 0 Å². The number of aromatic nitrogens is 4. The van der Waals surface area contributed by atoms with Crippen LogP contribution < -0.4 is 0 Å². The van der Waals surface area contributed by atoms with Crippen molar-refractivity contribution in [2.24, 2.45) is 0 Å². The molecule has 0 spiro atoms. The van der Waals surface area contributed by atoms with Gasteiger partial charge in [-0.05, 0) is 48.0 Å². The molecular weight excluding hydrogens is 360 g/mol. The van der Waals surface area contributed by atoms with E-state index in [2.05, 4.69) is 56.6 Å². The molecule has 0 aliphatic rings. The topological polar surface area (TPSA) is 70.5 Å². The molecule has 0 bridgehead atoms. The van der Waals surface area contributed by atoms with Gasteiger partial charge in [0.15, 0.2) is 0 Å². The minimum atomic E-state index is 0.895. The third-order valence-electron chi connectivity index (χ3n) is 5.27. The molecule has 6 rings (SSSR count). The number of pyridine rings is 1. The van der Waals surface area contributed by atoms with Crippen molar-refractivity contribution < 1.29 is 4.42 Å². The van der Waals surface area contributed by atoms with E-state index in [1.807, 2.05) is 36.5 Å². The molecule has 0 radical (unpaired) electrons. The zero-order valence-electron chi connectivity index (χ0n) is 15.4. The van der Waals surface area contributed by atoms with Gasteiger partial charge >= 0.3 is 0 Å². The van der Waals surface area contributed by atoms with Crippen LogP contribution in [0.1, 0.15) is 0 Å². The lowest BCUT2D eigenvalue weighted by Gasteiger charge is -2.01. The van der Waals surface area contributed by atoms with Gasteiger partial charge in [-0.1, -0.05) is 24.3 Å². The SMILES string of the molecule is c1ccc(-c2ccc3[nH]nc(-c4cc5c(-c6ccoc6)cccc5[nH]4)c3c2)nc1. The van der Waals surface area contributed by atoms with E-state index in [-0.39, 0.29) is 0 Å². The van der Waals surface area contributed by atoms with Crippen LogP contribution in [0.4, 0.5) is 0 Å². The lowest BCUT2D eigenvalue weighted by molar-refractivity contribution is 0.568. The lowest BCUT2D eigenvalue weighted by atomic mass is 10.0. The highest BCUT2D eigenvalue weighted by molar-refractivity contribution is 6.01. The number of rotatable bonds is 3. The van der Waals surface area contributed by atoms with Crippen LogP contribution in [-0.4, -0.2) is 20.2 Å². The maximum absolute atomic E-state index is 5.28. The standard InChI is InChI=1S/C24H16N4O/c1-2-10-25-20(5-1)15-7-8-22-19(12-15)24(28-27-22)23-13-18-17(16-9-11-29-14-16)4-3-6-21(18)26-23/h1-14,26H,(H,27,28). The molecule has 0 amide bonds. The number of fused-ring (bicyclic) bond motifs is 2. The number of nitrogens with one attached hydrogen (secondary N) is 2. The first-order valence-corrected chi connectivity index (χ1v) is 9.41. The van der Waals surface area contributed by atoms with Gasteiger partial charge in [-0.2, -0.15) is 5.10 Å². The van der Waals surface area contributed by atoms with Gasteiger partial charge in [0.25, 0.3) is 0 Å². The highest BCUT2D eigenvalue weighted by atomic mass is 16.3. The molecule has 0 atom stereocenters. The number of nitrogens with zero attached hydrogens (tertiary/aromatic N) is 2. The summed E-state index contributed by atoms with van der Waals surface area (Å²) in [4.78, 5) is 7.99. The summed E-state index contributed by atoms with van der Waals surface area (Å²) >= 11 is 0. The van der Waals surface area contributed by atoms with E-state index in [1.165, 1.54) is 0 Å². The Hall–Kier alpha value is -4.12. The summed E-state index contributed by atoms with van der Waals surface area (Å²) in [5.74, 6) is 0. The molecule has 6 aromatic rings. The van der Waals surface area contributed by atoms with E-state index in [1.54, 1.807) is 12.5 Å². The Balaban J connectivity index is 1.53. The van der Waals surface area contributed by atoms with E-state index < -0.39 is 0 Å². The van der Waals surface area contributed by atoms with Crippen molar-refractivity contribution in [2.75, 3.05) is 0 Å². The highest BCUT2D eigenvalue weighted by Crippen LogP contribution is 2.35. The minimum absolute atomic E-state index is 0.895. The first kappa shape index (κ1) is 15.9. The van der Waals surface area contributed by atoms with Gasteiger partial charge < -0.3 is 9.40 Å². The Labute approximate surface area is 166 Å². The second-order valence-electron chi connectivity index (χ2n) is 7.01. The Bertz CT molecular complexity index is 1440.